The van der Waals surface area contributed by atoms with Crippen LogP contribution in [0.5, 0.6) is 0 Å². The first-order valence-electron chi connectivity index (χ1n) is 14.2. The third kappa shape index (κ3) is 7.36. The number of likely N-dealkylation sites (tertiary alicyclic amines) is 1. The molecule has 1 aromatic carbocycles. The Morgan fingerprint density at radius 2 is 1.85 bits per heavy atom. The summed E-state index contributed by atoms with van der Waals surface area (Å²) in [5.41, 5.74) is 5.28. The second kappa shape index (κ2) is 12.6. The number of nitrogens with zero attached hydrogens (tertiary/aromatic N) is 5. The van der Waals surface area contributed by atoms with Crippen molar-refractivity contribution in [3.05, 3.63) is 51.8 Å². The van der Waals surface area contributed by atoms with E-state index in [2.05, 4.69) is 54.8 Å². The summed E-state index contributed by atoms with van der Waals surface area (Å²) >= 11 is 6.31. The number of aryl methyl sites for hydroxylation is 3. The van der Waals surface area contributed by atoms with Crippen LogP contribution in [0.1, 0.15) is 54.0 Å². The molecular formula is C28H39ClN8O3S. The van der Waals surface area contributed by atoms with Crippen LogP contribution in [0.3, 0.4) is 0 Å². The molecule has 0 spiro atoms. The lowest BCUT2D eigenvalue weighted by atomic mass is 9.86. The lowest BCUT2D eigenvalue weighted by Crippen LogP contribution is -2.40. The summed E-state index contributed by atoms with van der Waals surface area (Å²) in [4.78, 5) is 11.0. The molecular weight excluding hydrogens is 564 g/mol. The van der Waals surface area contributed by atoms with E-state index in [-0.39, 0.29) is 11.9 Å². The first kappa shape index (κ1) is 29.7. The minimum absolute atomic E-state index is 0.161. The molecule has 2 saturated heterocycles. The summed E-state index contributed by atoms with van der Waals surface area (Å²) in [6, 6.07) is 6.16. The van der Waals surface area contributed by atoms with Crippen molar-refractivity contribution in [2.45, 2.75) is 58.5 Å². The van der Waals surface area contributed by atoms with Crippen LogP contribution in [0.25, 0.3) is 0 Å². The van der Waals surface area contributed by atoms with Gasteiger partial charge in [0.25, 0.3) is 0 Å². The number of nitrogens with one attached hydrogen (secondary N) is 3. The van der Waals surface area contributed by atoms with E-state index in [1.807, 2.05) is 19.9 Å². The van der Waals surface area contributed by atoms with Gasteiger partial charge in [0.15, 0.2) is 11.6 Å². The average molecular weight is 603 g/mol. The number of aromatic amines is 1. The highest BCUT2D eigenvalue weighted by Gasteiger charge is 2.30. The van der Waals surface area contributed by atoms with Gasteiger partial charge >= 0.3 is 0 Å². The van der Waals surface area contributed by atoms with Crippen molar-refractivity contribution < 1.29 is 13.5 Å². The molecule has 0 saturated carbocycles. The van der Waals surface area contributed by atoms with Gasteiger partial charge in [-0.05, 0) is 81.7 Å². The first-order valence-corrected chi connectivity index (χ1v) is 16.1. The molecule has 1 unspecified atom stereocenters. The third-order valence-corrected chi connectivity index (χ3v) is 10.2. The number of β-amino-alcohol motifs (C(OH)–C–C–N with tert-alkyl or cyclic N) is 1. The van der Waals surface area contributed by atoms with Crippen LogP contribution in [-0.2, 0) is 10.0 Å². The Labute approximate surface area is 246 Å². The van der Waals surface area contributed by atoms with Crippen LogP contribution < -0.4 is 10.6 Å². The lowest BCUT2D eigenvalue weighted by Gasteiger charge is -2.32. The van der Waals surface area contributed by atoms with Crippen LogP contribution in [0.2, 0.25) is 5.02 Å². The Bertz CT molecular complexity index is 1470. The van der Waals surface area contributed by atoms with Crippen LogP contribution in [-0.4, -0.2) is 87.5 Å². The summed E-state index contributed by atoms with van der Waals surface area (Å²) in [7, 11) is -3.28. The van der Waals surface area contributed by atoms with Gasteiger partial charge in [-0.3, -0.25) is 5.10 Å². The average Bonchev–Trinajstić information content (AvgIpc) is 3.55. The molecule has 2 aliphatic rings. The molecule has 3 aromatic rings. The Balaban J connectivity index is 1.18. The number of benzene rings is 1. The maximum absolute atomic E-state index is 13.0. The third-order valence-electron chi connectivity index (χ3n) is 7.97. The Morgan fingerprint density at radius 1 is 1.07 bits per heavy atom. The number of sulfonamides is 1. The fourth-order valence-electron chi connectivity index (χ4n) is 5.71. The van der Waals surface area contributed by atoms with E-state index in [0.29, 0.717) is 61.1 Å². The van der Waals surface area contributed by atoms with Crippen molar-refractivity contribution in [3.8, 4) is 0 Å². The number of piperidine rings is 1. The van der Waals surface area contributed by atoms with Gasteiger partial charge in [-0.2, -0.15) is 10.1 Å². The Hall–Kier alpha value is -2.77. The quantitative estimate of drug-likeness (QED) is 0.268. The molecule has 2 aromatic heterocycles. The number of halogens is 1. The monoisotopic (exact) mass is 602 g/mol. The van der Waals surface area contributed by atoms with Crippen molar-refractivity contribution in [2.75, 3.05) is 49.1 Å². The maximum atomic E-state index is 13.0. The van der Waals surface area contributed by atoms with Crippen LogP contribution in [0, 0.1) is 20.8 Å². The van der Waals surface area contributed by atoms with E-state index in [1.54, 1.807) is 10.5 Å². The van der Waals surface area contributed by atoms with E-state index in [9.17, 15) is 13.5 Å². The second-order valence-corrected chi connectivity index (χ2v) is 13.7. The minimum Gasteiger partial charge on any atom is -0.392 e. The maximum Gasteiger partial charge on any atom is 0.229 e. The number of hydrogen-bond acceptors (Lipinski definition) is 9. The zero-order valence-electron chi connectivity index (χ0n) is 23.8. The number of anilines is 4. The van der Waals surface area contributed by atoms with Crippen molar-refractivity contribution in [3.63, 3.8) is 0 Å². The molecule has 0 bridgehead atoms. The molecule has 4 N–H and O–H groups in total. The normalized spacial score (nSPS) is 19.1. The topological polar surface area (TPSA) is 139 Å². The number of aliphatic hydroxyl groups excluding tert-OH is 1. The highest BCUT2D eigenvalue weighted by Crippen LogP contribution is 2.35. The van der Waals surface area contributed by atoms with Crippen LogP contribution in [0.4, 0.5) is 23.3 Å². The smallest absolute Gasteiger partial charge is 0.229 e. The molecule has 2 aliphatic heterocycles. The molecule has 0 radical (unpaired) electrons. The van der Waals surface area contributed by atoms with Gasteiger partial charge in [0.05, 0.1) is 18.1 Å². The molecule has 13 heteroatoms. The molecule has 4 heterocycles. The second-order valence-electron chi connectivity index (χ2n) is 11.2. The van der Waals surface area contributed by atoms with Gasteiger partial charge in [0, 0.05) is 43.6 Å². The molecule has 5 rings (SSSR count). The van der Waals surface area contributed by atoms with Gasteiger partial charge in [0.2, 0.25) is 16.0 Å². The summed E-state index contributed by atoms with van der Waals surface area (Å²) in [5.74, 6) is 1.96. The van der Waals surface area contributed by atoms with E-state index in [4.69, 9.17) is 11.6 Å². The predicted molar refractivity (Wildman–Crippen MR) is 162 cm³/mol. The van der Waals surface area contributed by atoms with E-state index in [1.165, 1.54) is 5.56 Å². The Morgan fingerprint density at radius 3 is 2.54 bits per heavy atom. The predicted octanol–water partition coefficient (Wildman–Crippen LogP) is 4.23. The number of aromatic nitrogens is 4. The van der Waals surface area contributed by atoms with E-state index >= 15 is 0 Å². The lowest BCUT2D eigenvalue weighted by molar-refractivity contribution is 0.176. The molecule has 2 fully saturated rings. The molecule has 11 nitrogen and oxygen atoms in total. The highest BCUT2D eigenvalue weighted by atomic mass is 35.5. The summed E-state index contributed by atoms with van der Waals surface area (Å²) < 4.78 is 27.6. The van der Waals surface area contributed by atoms with E-state index in [0.717, 1.165) is 48.3 Å². The highest BCUT2D eigenvalue weighted by molar-refractivity contribution is 7.89. The fourth-order valence-corrected chi connectivity index (χ4v) is 7.37. The van der Waals surface area contributed by atoms with Crippen molar-refractivity contribution in [1.82, 2.24) is 29.4 Å². The number of H-pyrrole nitrogens is 1. The number of rotatable bonds is 10. The van der Waals surface area contributed by atoms with Crippen LogP contribution in [0.15, 0.2) is 24.4 Å². The molecule has 0 aliphatic carbocycles. The first-order chi connectivity index (χ1) is 19.6. The van der Waals surface area contributed by atoms with Gasteiger partial charge in [-0.1, -0.05) is 17.7 Å². The molecule has 0 amide bonds. The molecule has 222 valence electrons. The number of hydrogen-bond donors (Lipinski definition) is 4. The zero-order valence-corrected chi connectivity index (χ0v) is 25.4. The Kier molecular flexibility index (Phi) is 9.15. The minimum atomic E-state index is -3.28. The van der Waals surface area contributed by atoms with Gasteiger partial charge < -0.3 is 20.6 Å². The zero-order chi connectivity index (χ0) is 29.1. The molecule has 41 heavy (non-hydrogen) atoms. The van der Waals surface area contributed by atoms with Crippen molar-refractivity contribution >= 4 is 44.9 Å². The SMILES string of the molecule is Cc1cc(Nc2nc(Nc3cc(C)c(C4CCN(S(=O)(=O)CCCN5CCC(O)C5)CC4)cc3C)ncc2Cl)n[nH]1. The van der Waals surface area contributed by atoms with Gasteiger partial charge in [-0.15, -0.1) is 0 Å². The van der Waals surface area contributed by atoms with Crippen LogP contribution >= 0.6 is 11.6 Å². The van der Waals surface area contributed by atoms with Crippen molar-refractivity contribution in [1.29, 1.82) is 0 Å². The summed E-state index contributed by atoms with van der Waals surface area (Å²) in [6.45, 7) is 9.34. The van der Waals surface area contributed by atoms with Crippen molar-refractivity contribution in [2.24, 2.45) is 0 Å². The standard InChI is InChI=1S/C28H39ClN8O3S/c1-18-14-25(31-28-30-16-24(29)27(33-28)32-26-15-20(3)34-35-26)19(2)13-23(18)21-5-10-37(11-6-21)41(39,40)12-4-8-36-9-7-22(38)17-36/h13-16,21-22,38H,4-12,17H2,1-3H3,(H3,30,31,32,33,34,35). The largest absolute Gasteiger partial charge is 0.392 e. The summed E-state index contributed by atoms with van der Waals surface area (Å²) in [6.07, 6.45) is 4.24. The summed E-state index contributed by atoms with van der Waals surface area (Å²) in [5, 5.41) is 23.6. The van der Waals surface area contributed by atoms with Gasteiger partial charge in [0.1, 0.15) is 5.02 Å². The number of aliphatic hydroxyl groups is 1. The van der Waals surface area contributed by atoms with E-state index < -0.39 is 10.0 Å². The molecule has 1 atom stereocenters. The van der Waals surface area contributed by atoms with Gasteiger partial charge in [-0.25, -0.2) is 17.7 Å². The fraction of sp³-hybridized carbons (Fsp3) is 0.536.